The molecule has 0 aliphatic carbocycles. The van der Waals surface area contributed by atoms with Gasteiger partial charge in [-0.2, -0.15) is 18.4 Å². The summed E-state index contributed by atoms with van der Waals surface area (Å²) in [5, 5.41) is 8.84. The second kappa shape index (κ2) is 7.20. The van der Waals surface area contributed by atoms with E-state index < -0.39 is 17.8 Å². The first-order chi connectivity index (χ1) is 11.2. The SMILES string of the molecule is CC(C#N)Oc1cc(Oc2ccc(C(F)(F)F)cc2Cl)ccc1Cl. The number of nitriles is 1. The highest BCUT2D eigenvalue weighted by molar-refractivity contribution is 6.32. The van der Waals surface area contributed by atoms with Gasteiger partial charge in [-0.25, -0.2) is 0 Å². The fraction of sp³-hybridized carbons (Fsp3) is 0.188. The summed E-state index contributed by atoms with van der Waals surface area (Å²) in [4.78, 5) is 0. The molecule has 2 rings (SSSR count). The van der Waals surface area contributed by atoms with E-state index in [9.17, 15) is 13.2 Å². The smallest absolute Gasteiger partial charge is 0.416 e. The molecule has 0 aliphatic rings. The number of rotatable bonds is 4. The molecule has 0 fully saturated rings. The van der Waals surface area contributed by atoms with Gasteiger partial charge in [-0.05, 0) is 37.3 Å². The molecule has 3 nitrogen and oxygen atoms in total. The first-order valence-electron chi connectivity index (χ1n) is 6.61. The first kappa shape index (κ1) is 18.2. The number of hydrogen-bond acceptors (Lipinski definition) is 3. The molecule has 0 bridgehead atoms. The number of hydrogen-bond donors (Lipinski definition) is 0. The lowest BCUT2D eigenvalue weighted by atomic mass is 10.2. The molecule has 2 aromatic rings. The Morgan fingerprint density at radius 1 is 1.04 bits per heavy atom. The predicted octanol–water partition coefficient (Wildman–Crippen LogP) is 6.10. The first-order valence-corrected chi connectivity index (χ1v) is 7.36. The maximum Gasteiger partial charge on any atom is 0.416 e. The molecule has 0 saturated heterocycles. The third-order valence-corrected chi connectivity index (χ3v) is 3.48. The van der Waals surface area contributed by atoms with E-state index >= 15 is 0 Å². The average molecular weight is 376 g/mol. The summed E-state index contributed by atoms with van der Waals surface area (Å²) in [6, 6.07) is 9.06. The van der Waals surface area contributed by atoms with Gasteiger partial charge in [0.05, 0.1) is 15.6 Å². The van der Waals surface area contributed by atoms with Crippen LogP contribution in [0.4, 0.5) is 13.2 Å². The van der Waals surface area contributed by atoms with Crippen LogP contribution in [0.15, 0.2) is 36.4 Å². The number of ether oxygens (including phenoxy) is 2. The van der Waals surface area contributed by atoms with Crippen LogP contribution in [0.3, 0.4) is 0 Å². The molecule has 0 aliphatic heterocycles. The molecule has 1 unspecified atom stereocenters. The normalized spacial score (nSPS) is 12.4. The van der Waals surface area contributed by atoms with Crippen molar-refractivity contribution in [1.82, 2.24) is 0 Å². The van der Waals surface area contributed by atoms with Crippen LogP contribution < -0.4 is 9.47 Å². The van der Waals surface area contributed by atoms with Gasteiger partial charge in [-0.1, -0.05) is 23.2 Å². The van der Waals surface area contributed by atoms with E-state index in [0.717, 1.165) is 18.2 Å². The van der Waals surface area contributed by atoms with Gasteiger partial charge in [0.1, 0.15) is 23.3 Å². The third-order valence-electron chi connectivity index (χ3n) is 2.88. The Bertz CT molecular complexity index is 788. The van der Waals surface area contributed by atoms with Crippen LogP contribution in [0.5, 0.6) is 17.2 Å². The van der Waals surface area contributed by atoms with E-state index in [0.29, 0.717) is 0 Å². The van der Waals surface area contributed by atoms with Crippen molar-refractivity contribution in [2.75, 3.05) is 0 Å². The molecule has 24 heavy (non-hydrogen) atoms. The van der Waals surface area contributed by atoms with E-state index in [4.69, 9.17) is 37.9 Å². The van der Waals surface area contributed by atoms with Crippen molar-refractivity contribution in [3.63, 3.8) is 0 Å². The summed E-state index contributed by atoms with van der Waals surface area (Å²) < 4.78 is 48.6. The molecule has 0 saturated carbocycles. The lowest BCUT2D eigenvalue weighted by Gasteiger charge is -2.13. The standard InChI is InChI=1S/C16H10Cl2F3NO2/c1-9(8-22)23-15-7-11(3-4-12(15)17)24-14-5-2-10(6-13(14)18)16(19,20)21/h2-7,9H,1H3. The molecule has 126 valence electrons. The molecular formula is C16H10Cl2F3NO2. The molecule has 0 radical (unpaired) electrons. The zero-order valence-electron chi connectivity index (χ0n) is 12.2. The zero-order chi connectivity index (χ0) is 17.9. The zero-order valence-corrected chi connectivity index (χ0v) is 13.7. The molecule has 0 heterocycles. The fourth-order valence-corrected chi connectivity index (χ4v) is 2.12. The summed E-state index contributed by atoms with van der Waals surface area (Å²) in [6.45, 7) is 1.54. The number of benzene rings is 2. The van der Waals surface area contributed by atoms with Gasteiger partial charge < -0.3 is 9.47 Å². The number of alkyl halides is 3. The number of nitrogens with zero attached hydrogens (tertiary/aromatic N) is 1. The van der Waals surface area contributed by atoms with Crippen molar-refractivity contribution in [2.45, 2.75) is 19.2 Å². The lowest BCUT2D eigenvalue weighted by Crippen LogP contribution is -2.08. The molecule has 1 atom stereocenters. The minimum absolute atomic E-state index is 0.0475. The van der Waals surface area contributed by atoms with Gasteiger partial charge in [-0.3, -0.25) is 0 Å². The molecule has 0 aromatic heterocycles. The Labute approximate surface area is 146 Å². The van der Waals surface area contributed by atoms with E-state index in [1.165, 1.54) is 25.1 Å². The van der Waals surface area contributed by atoms with Crippen LogP contribution in [0.2, 0.25) is 10.0 Å². The minimum Gasteiger partial charge on any atom is -0.474 e. The maximum atomic E-state index is 12.6. The van der Waals surface area contributed by atoms with Gasteiger partial charge in [0, 0.05) is 6.07 Å². The monoisotopic (exact) mass is 375 g/mol. The summed E-state index contributed by atoms with van der Waals surface area (Å²) in [7, 11) is 0. The van der Waals surface area contributed by atoms with Gasteiger partial charge in [0.15, 0.2) is 6.10 Å². The van der Waals surface area contributed by atoms with Gasteiger partial charge in [-0.15, -0.1) is 0 Å². The summed E-state index contributed by atoms with van der Waals surface area (Å²) in [5.41, 5.74) is -0.872. The number of halogens is 5. The minimum atomic E-state index is -4.49. The third kappa shape index (κ3) is 4.47. The van der Waals surface area contributed by atoms with Crippen LogP contribution in [0.1, 0.15) is 12.5 Å². The highest BCUT2D eigenvalue weighted by atomic mass is 35.5. The maximum absolute atomic E-state index is 12.6. The topological polar surface area (TPSA) is 42.2 Å². The van der Waals surface area contributed by atoms with E-state index in [-0.39, 0.29) is 27.3 Å². The van der Waals surface area contributed by atoms with Crippen molar-refractivity contribution in [3.8, 4) is 23.3 Å². The van der Waals surface area contributed by atoms with Crippen LogP contribution in [-0.2, 0) is 6.18 Å². The molecule has 8 heteroatoms. The Kier molecular flexibility index (Phi) is 5.47. The predicted molar refractivity (Wildman–Crippen MR) is 83.7 cm³/mol. The van der Waals surface area contributed by atoms with E-state index in [1.54, 1.807) is 0 Å². The van der Waals surface area contributed by atoms with Crippen molar-refractivity contribution >= 4 is 23.2 Å². The Balaban J connectivity index is 2.26. The molecule has 2 aromatic carbocycles. The highest BCUT2D eigenvalue weighted by Gasteiger charge is 2.31. The Hall–Kier alpha value is -2.10. The van der Waals surface area contributed by atoms with Gasteiger partial charge in [0.2, 0.25) is 0 Å². The van der Waals surface area contributed by atoms with Crippen LogP contribution in [0.25, 0.3) is 0 Å². The molecule has 0 amide bonds. The second-order valence-corrected chi connectivity index (χ2v) is 5.54. The van der Waals surface area contributed by atoms with E-state index in [2.05, 4.69) is 0 Å². The van der Waals surface area contributed by atoms with Crippen molar-refractivity contribution in [1.29, 1.82) is 5.26 Å². The molecule has 0 N–H and O–H groups in total. The largest absolute Gasteiger partial charge is 0.474 e. The molecule has 0 spiro atoms. The molecular weight excluding hydrogens is 366 g/mol. The summed E-state index contributed by atoms with van der Waals surface area (Å²) >= 11 is 11.8. The van der Waals surface area contributed by atoms with Gasteiger partial charge in [0.25, 0.3) is 0 Å². The summed E-state index contributed by atoms with van der Waals surface area (Å²) in [5.74, 6) is 0.513. The van der Waals surface area contributed by atoms with Crippen molar-refractivity contribution < 1.29 is 22.6 Å². The fourth-order valence-electron chi connectivity index (χ4n) is 1.74. The van der Waals surface area contributed by atoms with E-state index in [1.807, 2.05) is 6.07 Å². The van der Waals surface area contributed by atoms with Crippen molar-refractivity contribution in [3.05, 3.63) is 52.0 Å². The summed E-state index contributed by atoms with van der Waals surface area (Å²) in [6.07, 6.45) is -5.22. The average Bonchev–Trinajstić information content (AvgIpc) is 2.51. The van der Waals surface area contributed by atoms with Gasteiger partial charge >= 0.3 is 6.18 Å². The second-order valence-electron chi connectivity index (χ2n) is 4.73. The van der Waals surface area contributed by atoms with Crippen LogP contribution >= 0.6 is 23.2 Å². The quantitative estimate of drug-likeness (QED) is 0.648. The van der Waals surface area contributed by atoms with Crippen LogP contribution in [0, 0.1) is 11.3 Å². The Morgan fingerprint density at radius 2 is 1.75 bits per heavy atom. The van der Waals surface area contributed by atoms with Crippen molar-refractivity contribution in [2.24, 2.45) is 0 Å². The lowest BCUT2D eigenvalue weighted by molar-refractivity contribution is -0.137. The Morgan fingerprint density at radius 3 is 2.33 bits per heavy atom. The highest BCUT2D eigenvalue weighted by Crippen LogP contribution is 2.38. The van der Waals surface area contributed by atoms with Crippen LogP contribution in [-0.4, -0.2) is 6.10 Å².